The third kappa shape index (κ3) is 1.30. The van der Waals surface area contributed by atoms with Gasteiger partial charge in [-0.1, -0.05) is 6.42 Å². The standard InChI is InChI=1S/C13H11FO3/c14-10-7-11-8(2-5-17-11)6-9(10)13(12(15)16)3-1-4-13/h2,5-7H,1,3-4H2,(H,15,16). The van der Waals surface area contributed by atoms with Crippen molar-refractivity contribution in [2.24, 2.45) is 0 Å². The molecular weight excluding hydrogens is 223 g/mol. The minimum absolute atomic E-state index is 0.283. The highest BCUT2D eigenvalue weighted by atomic mass is 19.1. The molecule has 88 valence electrons. The van der Waals surface area contributed by atoms with Crippen LogP contribution >= 0.6 is 0 Å². The average molecular weight is 234 g/mol. The van der Waals surface area contributed by atoms with Gasteiger partial charge in [-0.2, -0.15) is 0 Å². The topological polar surface area (TPSA) is 50.4 Å². The molecule has 17 heavy (non-hydrogen) atoms. The number of hydrogen-bond donors (Lipinski definition) is 1. The highest BCUT2D eigenvalue weighted by Crippen LogP contribution is 2.45. The average Bonchev–Trinajstić information content (AvgIpc) is 2.62. The summed E-state index contributed by atoms with van der Waals surface area (Å²) in [6.07, 6.45) is 3.31. The quantitative estimate of drug-likeness (QED) is 0.868. The van der Waals surface area contributed by atoms with E-state index in [2.05, 4.69) is 0 Å². The van der Waals surface area contributed by atoms with Crippen LogP contribution < -0.4 is 0 Å². The van der Waals surface area contributed by atoms with Crippen LogP contribution in [-0.4, -0.2) is 11.1 Å². The van der Waals surface area contributed by atoms with Crippen molar-refractivity contribution < 1.29 is 18.7 Å². The number of benzene rings is 1. The molecule has 2 aromatic rings. The molecule has 0 aliphatic heterocycles. The lowest BCUT2D eigenvalue weighted by Gasteiger charge is -2.38. The Morgan fingerprint density at radius 3 is 2.76 bits per heavy atom. The third-order valence-electron chi connectivity index (χ3n) is 3.67. The molecule has 1 aromatic heterocycles. The van der Waals surface area contributed by atoms with Gasteiger partial charge >= 0.3 is 5.97 Å². The molecule has 0 bridgehead atoms. The van der Waals surface area contributed by atoms with E-state index < -0.39 is 17.2 Å². The molecule has 1 aliphatic rings. The number of fused-ring (bicyclic) bond motifs is 1. The van der Waals surface area contributed by atoms with Crippen LogP contribution in [0.2, 0.25) is 0 Å². The Hall–Kier alpha value is -1.84. The number of furan rings is 1. The van der Waals surface area contributed by atoms with E-state index >= 15 is 0 Å². The summed E-state index contributed by atoms with van der Waals surface area (Å²) < 4.78 is 19.0. The lowest BCUT2D eigenvalue weighted by molar-refractivity contribution is -0.147. The van der Waals surface area contributed by atoms with Crippen LogP contribution in [0.25, 0.3) is 11.0 Å². The lowest BCUT2D eigenvalue weighted by atomic mass is 9.64. The second kappa shape index (κ2) is 3.32. The molecule has 3 nitrogen and oxygen atoms in total. The summed E-state index contributed by atoms with van der Waals surface area (Å²) in [6, 6.07) is 4.58. The fraction of sp³-hybridized carbons (Fsp3) is 0.308. The number of carboxylic acid groups (broad SMARTS) is 1. The summed E-state index contributed by atoms with van der Waals surface area (Å²) in [6.45, 7) is 0. The number of halogens is 1. The van der Waals surface area contributed by atoms with E-state index in [1.807, 2.05) is 0 Å². The maximum absolute atomic E-state index is 14.0. The van der Waals surface area contributed by atoms with E-state index in [-0.39, 0.29) is 5.56 Å². The summed E-state index contributed by atoms with van der Waals surface area (Å²) in [5.41, 5.74) is -0.300. The molecule has 0 amide bonds. The van der Waals surface area contributed by atoms with Crippen molar-refractivity contribution in [3.8, 4) is 0 Å². The van der Waals surface area contributed by atoms with E-state index in [1.54, 1.807) is 12.1 Å². The molecule has 3 rings (SSSR count). The highest BCUT2D eigenvalue weighted by Gasteiger charge is 2.47. The molecular formula is C13H11FO3. The van der Waals surface area contributed by atoms with Crippen LogP contribution in [-0.2, 0) is 10.2 Å². The van der Waals surface area contributed by atoms with E-state index in [4.69, 9.17) is 4.42 Å². The molecule has 1 N–H and O–H groups in total. The second-order valence-corrected chi connectivity index (χ2v) is 4.53. The van der Waals surface area contributed by atoms with Crippen molar-refractivity contribution >= 4 is 16.9 Å². The maximum Gasteiger partial charge on any atom is 0.314 e. The number of carboxylic acids is 1. The summed E-state index contributed by atoms with van der Waals surface area (Å²) in [5, 5.41) is 10.0. The monoisotopic (exact) mass is 234 g/mol. The fourth-order valence-electron chi connectivity index (χ4n) is 2.48. The van der Waals surface area contributed by atoms with Gasteiger partial charge in [-0.3, -0.25) is 4.79 Å². The summed E-state index contributed by atoms with van der Waals surface area (Å²) >= 11 is 0. The van der Waals surface area contributed by atoms with E-state index in [1.165, 1.54) is 12.3 Å². The minimum Gasteiger partial charge on any atom is -0.481 e. The number of aliphatic carboxylic acids is 1. The van der Waals surface area contributed by atoms with E-state index in [0.717, 1.165) is 11.8 Å². The van der Waals surface area contributed by atoms with Gasteiger partial charge in [0.15, 0.2) is 0 Å². The van der Waals surface area contributed by atoms with Crippen LogP contribution in [0.15, 0.2) is 28.9 Å². The molecule has 4 heteroatoms. The van der Waals surface area contributed by atoms with Gasteiger partial charge in [-0.25, -0.2) is 4.39 Å². The predicted octanol–water partition coefficient (Wildman–Crippen LogP) is 3.08. The third-order valence-corrected chi connectivity index (χ3v) is 3.67. The Morgan fingerprint density at radius 1 is 1.41 bits per heavy atom. The first-order chi connectivity index (χ1) is 8.13. The summed E-state index contributed by atoms with van der Waals surface area (Å²) in [5.74, 6) is -1.43. The Bertz CT molecular complexity index is 596. The number of hydrogen-bond acceptors (Lipinski definition) is 2. The van der Waals surface area contributed by atoms with E-state index in [9.17, 15) is 14.3 Å². The minimum atomic E-state index is -1.03. The van der Waals surface area contributed by atoms with Gasteiger partial charge < -0.3 is 9.52 Å². The number of carbonyl (C=O) groups is 1. The van der Waals surface area contributed by atoms with Gasteiger partial charge in [-0.05, 0) is 25.0 Å². The largest absolute Gasteiger partial charge is 0.481 e. The Labute approximate surface area is 96.8 Å². The van der Waals surface area contributed by atoms with Gasteiger partial charge in [0, 0.05) is 17.0 Å². The van der Waals surface area contributed by atoms with Gasteiger partial charge in [0.05, 0.1) is 11.7 Å². The second-order valence-electron chi connectivity index (χ2n) is 4.53. The summed E-state index contributed by atoms with van der Waals surface area (Å²) in [7, 11) is 0. The smallest absolute Gasteiger partial charge is 0.314 e. The lowest BCUT2D eigenvalue weighted by Crippen LogP contribution is -2.43. The zero-order valence-corrected chi connectivity index (χ0v) is 9.07. The van der Waals surface area contributed by atoms with Crippen LogP contribution in [0.5, 0.6) is 0 Å². The normalized spacial score (nSPS) is 17.9. The maximum atomic E-state index is 14.0. The molecule has 1 aliphatic carbocycles. The Morgan fingerprint density at radius 2 is 2.18 bits per heavy atom. The van der Waals surface area contributed by atoms with Crippen molar-refractivity contribution in [2.45, 2.75) is 24.7 Å². The van der Waals surface area contributed by atoms with Crippen LogP contribution in [0.3, 0.4) is 0 Å². The van der Waals surface area contributed by atoms with Crippen molar-refractivity contribution in [2.75, 3.05) is 0 Å². The van der Waals surface area contributed by atoms with Gasteiger partial charge in [0.25, 0.3) is 0 Å². The molecule has 0 atom stereocenters. The first kappa shape index (κ1) is 10.3. The van der Waals surface area contributed by atoms with Crippen LogP contribution in [0, 0.1) is 5.82 Å². The predicted molar refractivity (Wildman–Crippen MR) is 59.3 cm³/mol. The SMILES string of the molecule is O=C(O)C1(c2cc3ccoc3cc2F)CCC1. The number of rotatable bonds is 2. The molecule has 1 aromatic carbocycles. The Balaban J connectivity index is 2.22. The first-order valence-corrected chi connectivity index (χ1v) is 5.54. The van der Waals surface area contributed by atoms with Crippen molar-refractivity contribution in [1.82, 2.24) is 0 Å². The highest BCUT2D eigenvalue weighted by molar-refractivity contribution is 5.86. The molecule has 1 heterocycles. The van der Waals surface area contributed by atoms with Crippen LogP contribution in [0.1, 0.15) is 24.8 Å². The zero-order chi connectivity index (χ0) is 12.0. The van der Waals surface area contributed by atoms with Gasteiger partial charge in [-0.15, -0.1) is 0 Å². The van der Waals surface area contributed by atoms with Crippen molar-refractivity contribution in [1.29, 1.82) is 0 Å². The fourth-order valence-corrected chi connectivity index (χ4v) is 2.48. The molecule has 1 fully saturated rings. The molecule has 0 saturated heterocycles. The first-order valence-electron chi connectivity index (χ1n) is 5.54. The molecule has 1 saturated carbocycles. The van der Waals surface area contributed by atoms with Crippen molar-refractivity contribution in [3.63, 3.8) is 0 Å². The van der Waals surface area contributed by atoms with Gasteiger partial charge in [0.1, 0.15) is 11.4 Å². The molecule has 0 radical (unpaired) electrons. The van der Waals surface area contributed by atoms with Crippen LogP contribution in [0.4, 0.5) is 4.39 Å². The van der Waals surface area contributed by atoms with Gasteiger partial charge in [0.2, 0.25) is 0 Å². The summed E-state index contributed by atoms with van der Waals surface area (Å²) in [4.78, 5) is 11.3. The van der Waals surface area contributed by atoms with E-state index in [0.29, 0.717) is 18.4 Å². The molecule has 0 unspecified atom stereocenters. The molecule has 0 spiro atoms. The Kier molecular flexibility index (Phi) is 2.02. The van der Waals surface area contributed by atoms with Crippen molar-refractivity contribution in [3.05, 3.63) is 35.8 Å². The zero-order valence-electron chi connectivity index (χ0n) is 9.07.